The standard InChI is InChI=1S/C14H18ClNO3/c1-10(19-12-5-2-4-11(15)8-12)14(17)16-9-13-6-3-7-18-13/h2,4-5,8,10,13H,3,6-7,9H2,1H3,(H,16,17). The summed E-state index contributed by atoms with van der Waals surface area (Å²) in [7, 11) is 0. The van der Waals surface area contributed by atoms with E-state index in [2.05, 4.69) is 5.32 Å². The van der Waals surface area contributed by atoms with Gasteiger partial charge in [0.05, 0.1) is 6.10 Å². The number of hydrogen-bond donors (Lipinski definition) is 1. The normalized spacial score (nSPS) is 20.0. The Hall–Kier alpha value is -1.26. The van der Waals surface area contributed by atoms with Crippen LogP contribution in [0, 0.1) is 0 Å². The molecule has 2 atom stereocenters. The second kappa shape index (κ2) is 6.78. The summed E-state index contributed by atoms with van der Waals surface area (Å²) in [6.45, 7) is 3.04. The smallest absolute Gasteiger partial charge is 0.260 e. The first-order valence-electron chi connectivity index (χ1n) is 6.46. The highest BCUT2D eigenvalue weighted by Crippen LogP contribution is 2.18. The molecule has 1 aliphatic heterocycles. The monoisotopic (exact) mass is 283 g/mol. The summed E-state index contributed by atoms with van der Waals surface area (Å²) in [5, 5.41) is 3.42. The Bertz CT molecular complexity index is 432. The van der Waals surface area contributed by atoms with Gasteiger partial charge in [-0.2, -0.15) is 0 Å². The number of carbonyl (C=O) groups is 1. The molecule has 4 nitrogen and oxygen atoms in total. The maximum absolute atomic E-state index is 11.9. The molecule has 1 aromatic carbocycles. The van der Waals surface area contributed by atoms with Gasteiger partial charge in [0.25, 0.3) is 5.91 Å². The van der Waals surface area contributed by atoms with Crippen LogP contribution < -0.4 is 10.1 Å². The van der Waals surface area contributed by atoms with E-state index in [0.29, 0.717) is 17.3 Å². The number of halogens is 1. The molecule has 1 aromatic rings. The zero-order valence-corrected chi connectivity index (χ0v) is 11.7. The highest BCUT2D eigenvalue weighted by Gasteiger charge is 2.19. The number of carbonyl (C=O) groups excluding carboxylic acids is 1. The Morgan fingerprint density at radius 3 is 3.16 bits per heavy atom. The Morgan fingerprint density at radius 2 is 2.47 bits per heavy atom. The molecular weight excluding hydrogens is 266 g/mol. The van der Waals surface area contributed by atoms with E-state index in [4.69, 9.17) is 21.1 Å². The minimum absolute atomic E-state index is 0.141. The maximum Gasteiger partial charge on any atom is 0.260 e. The molecule has 1 aliphatic rings. The number of ether oxygens (including phenoxy) is 2. The van der Waals surface area contributed by atoms with Crippen LogP contribution in [-0.2, 0) is 9.53 Å². The molecule has 0 aliphatic carbocycles. The first kappa shape index (κ1) is 14.2. The van der Waals surface area contributed by atoms with Gasteiger partial charge < -0.3 is 14.8 Å². The molecule has 104 valence electrons. The van der Waals surface area contributed by atoms with E-state index in [9.17, 15) is 4.79 Å². The highest BCUT2D eigenvalue weighted by molar-refractivity contribution is 6.30. The predicted molar refractivity (Wildman–Crippen MR) is 73.5 cm³/mol. The van der Waals surface area contributed by atoms with Gasteiger partial charge in [0, 0.05) is 18.2 Å². The fourth-order valence-electron chi connectivity index (χ4n) is 1.96. The van der Waals surface area contributed by atoms with Crippen molar-refractivity contribution in [1.29, 1.82) is 0 Å². The maximum atomic E-state index is 11.9. The minimum atomic E-state index is -0.556. The van der Waals surface area contributed by atoms with Crippen LogP contribution in [0.25, 0.3) is 0 Å². The fraction of sp³-hybridized carbons (Fsp3) is 0.500. The van der Waals surface area contributed by atoms with Crippen LogP contribution >= 0.6 is 11.6 Å². The van der Waals surface area contributed by atoms with Crippen LogP contribution in [0.5, 0.6) is 5.75 Å². The van der Waals surface area contributed by atoms with E-state index >= 15 is 0 Å². The van der Waals surface area contributed by atoms with Gasteiger partial charge in [0.1, 0.15) is 5.75 Å². The molecule has 2 unspecified atom stereocenters. The SMILES string of the molecule is CC(Oc1cccc(Cl)c1)C(=O)NCC1CCCO1. The molecule has 0 bridgehead atoms. The number of rotatable bonds is 5. The van der Waals surface area contributed by atoms with Gasteiger partial charge in [-0.1, -0.05) is 17.7 Å². The molecule has 0 aromatic heterocycles. The van der Waals surface area contributed by atoms with Gasteiger partial charge in [0.15, 0.2) is 6.10 Å². The quantitative estimate of drug-likeness (QED) is 0.903. The fourth-order valence-corrected chi connectivity index (χ4v) is 2.14. The van der Waals surface area contributed by atoms with E-state index < -0.39 is 6.10 Å². The lowest BCUT2D eigenvalue weighted by Gasteiger charge is -2.16. The lowest BCUT2D eigenvalue weighted by atomic mass is 10.2. The lowest BCUT2D eigenvalue weighted by molar-refractivity contribution is -0.127. The number of amides is 1. The second-order valence-electron chi connectivity index (χ2n) is 4.60. The second-order valence-corrected chi connectivity index (χ2v) is 5.03. The van der Waals surface area contributed by atoms with Gasteiger partial charge in [0.2, 0.25) is 0 Å². The zero-order chi connectivity index (χ0) is 13.7. The summed E-state index contributed by atoms with van der Waals surface area (Å²) < 4.78 is 11.0. The molecule has 0 spiro atoms. The third kappa shape index (κ3) is 4.40. The van der Waals surface area contributed by atoms with Crippen LogP contribution in [0.15, 0.2) is 24.3 Å². The van der Waals surface area contributed by atoms with Crippen LogP contribution in [0.3, 0.4) is 0 Å². The van der Waals surface area contributed by atoms with Gasteiger partial charge in [-0.25, -0.2) is 0 Å². The molecule has 1 fully saturated rings. The first-order chi connectivity index (χ1) is 9.15. The number of benzene rings is 1. The molecule has 0 saturated carbocycles. The van der Waals surface area contributed by atoms with Crippen molar-refractivity contribution in [2.75, 3.05) is 13.2 Å². The van der Waals surface area contributed by atoms with Crippen LogP contribution in [0.2, 0.25) is 5.02 Å². The molecule has 5 heteroatoms. The van der Waals surface area contributed by atoms with E-state index in [-0.39, 0.29) is 12.0 Å². The topological polar surface area (TPSA) is 47.6 Å². The van der Waals surface area contributed by atoms with Crippen molar-refractivity contribution in [2.24, 2.45) is 0 Å². The zero-order valence-electron chi connectivity index (χ0n) is 10.9. The van der Waals surface area contributed by atoms with Crippen LogP contribution in [0.1, 0.15) is 19.8 Å². The molecule has 1 amide bonds. The summed E-state index contributed by atoms with van der Waals surface area (Å²) in [6.07, 6.45) is 1.65. The average Bonchev–Trinajstić information content (AvgIpc) is 2.89. The minimum Gasteiger partial charge on any atom is -0.481 e. The lowest BCUT2D eigenvalue weighted by Crippen LogP contribution is -2.40. The summed E-state index contributed by atoms with van der Waals surface area (Å²) in [5.74, 6) is 0.447. The Morgan fingerprint density at radius 1 is 1.63 bits per heavy atom. The van der Waals surface area contributed by atoms with Crippen LogP contribution in [0.4, 0.5) is 0 Å². The van der Waals surface area contributed by atoms with E-state index in [1.807, 2.05) is 0 Å². The summed E-state index contributed by atoms with van der Waals surface area (Å²) >= 11 is 5.86. The van der Waals surface area contributed by atoms with Crippen molar-refractivity contribution < 1.29 is 14.3 Å². The number of hydrogen-bond acceptors (Lipinski definition) is 3. The van der Waals surface area contributed by atoms with Crippen molar-refractivity contribution in [1.82, 2.24) is 5.32 Å². The van der Waals surface area contributed by atoms with Crippen molar-refractivity contribution in [3.05, 3.63) is 29.3 Å². The average molecular weight is 284 g/mol. The van der Waals surface area contributed by atoms with Crippen molar-refractivity contribution in [3.63, 3.8) is 0 Å². The van der Waals surface area contributed by atoms with Crippen molar-refractivity contribution in [3.8, 4) is 5.75 Å². The molecule has 1 saturated heterocycles. The van der Waals surface area contributed by atoms with Gasteiger partial charge >= 0.3 is 0 Å². The summed E-state index contributed by atoms with van der Waals surface area (Å²) in [4.78, 5) is 11.9. The molecular formula is C14H18ClNO3. The third-order valence-corrected chi connectivity index (χ3v) is 3.24. The highest BCUT2D eigenvalue weighted by atomic mass is 35.5. The Labute approximate surface area is 118 Å². The Balaban J connectivity index is 1.78. The van der Waals surface area contributed by atoms with E-state index in [0.717, 1.165) is 19.4 Å². The van der Waals surface area contributed by atoms with Gasteiger partial charge in [-0.3, -0.25) is 4.79 Å². The number of nitrogens with one attached hydrogen (secondary N) is 1. The summed E-state index contributed by atoms with van der Waals surface area (Å²) in [6, 6.07) is 7.01. The molecule has 2 rings (SSSR count). The van der Waals surface area contributed by atoms with Gasteiger partial charge in [-0.05, 0) is 38.0 Å². The van der Waals surface area contributed by atoms with Crippen molar-refractivity contribution in [2.45, 2.75) is 32.0 Å². The molecule has 1 heterocycles. The molecule has 0 radical (unpaired) electrons. The molecule has 19 heavy (non-hydrogen) atoms. The van der Waals surface area contributed by atoms with Crippen molar-refractivity contribution >= 4 is 17.5 Å². The third-order valence-electron chi connectivity index (χ3n) is 3.01. The van der Waals surface area contributed by atoms with Crippen LogP contribution in [-0.4, -0.2) is 31.3 Å². The first-order valence-corrected chi connectivity index (χ1v) is 6.84. The summed E-state index contributed by atoms with van der Waals surface area (Å²) in [5.41, 5.74) is 0. The van der Waals surface area contributed by atoms with E-state index in [1.54, 1.807) is 31.2 Å². The van der Waals surface area contributed by atoms with Gasteiger partial charge in [-0.15, -0.1) is 0 Å². The predicted octanol–water partition coefficient (Wildman–Crippen LogP) is 2.40. The Kier molecular flexibility index (Phi) is 5.05. The molecule has 1 N–H and O–H groups in total. The largest absolute Gasteiger partial charge is 0.481 e. The van der Waals surface area contributed by atoms with E-state index in [1.165, 1.54) is 0 Å².